The third-order valence-corrected chi connectivity index (χ3v) is 6.83. The number of pyridine rings is 3. The van der Waals surface area contributed by atoms with E-state index < -0.39 is 10.0 Å². The molecule has 1 aliphatic heterocycles. The Bertz CT molecular complexity index is 1480. The maximum atomic E-state index is 12.4. The van der Waals surface area contributed by atoms with Gasteiger partial charge in [-0.3, -0.25) is 4.72 Å². The average Bonchev–Trinajstić information content (AvgIpc) is 2.90. The molecule has 0 saturated carbocycles. The van der Waals surface area contributed by atoms with Gasteiger partial charge in [0.15, 0.2) is 0 Å². The highest BCUT2D eigenvalue weighted by molar-refractivity contribution is 7.92. The Morgan fingerprint density at radius 2 is 0.838 bits per heavy atom. The third-order valence-electron chi connectivity index (χ3n) is 6.25. The lowest BCUT2D eigenvalue weighted by atomic mass is 10.2. The van der Waals surface area contributed by atoms with Crippen LogP contribution in [0.25, 0.3) is 0 Å². The van der Waals surface area contributed by atoms with E-state index in [1.54, 1.807) is 0 Å². The summed E-state index contributed by atoms with van der Waals surface area (Å²) in [5, 5.41) is 0. The molecular formula is C26H28N8O2S. The Labute approximate surface area is 216 Å². The summed E-state index contributed by atoms with van der Waals surface area (Å²) in [4.78, 5) is 22.1. The molecule has 0 radical (unpaired) electrons. The Morgan fingerprint density at radius 1 is 0.541 bits per heavy atom. The zero-order valence-electron chi connectivity index (χ0n) is 21.3. The van der Waals surface area contributed by atoms with Gasteiger partial charge in [0.25, 0.3) is 0 Å². The van der Waals surface area contributed by atoms with Crippen LogP contribution in [0.5, 0.6) is 0 Å². The smallest absolute Gasteiger partial charge is 0.229 e. The van der Waals surface area contributed by atoms with Gasteiger partial charge in [0, 0.05) is 28.2 Å². The fraction of sp³-hybridized carbons (Fsp3) is 0.192. The van der Waals surface area contributed by atoms with Gasteiger partial charge >= 0.3 is 0 Å². The largest absolute Gasteiger partial charge is 0.328 e. The summed E-state index contributed by atoms with van der Waals surface area (Å²) >= 11 is 0. The van der Waals surface area contributed by atoms with Crippen LogP contribution in [0.1, 0.15) is 0 Å². The van der Waals surface area contributed by atoms with Crippen molar-refractivity contribution in [3.05, 3.63) is 72.8 Å². The van der Waals surface area contributed by atoms with Crippen LogP contribution in [0, 0.1) is 0 Å². The van der Waals surface area contributed by atoms with Crippen LogP contribution in [-0.2, 0) is 10.0 Å². The van der Waals surface area contributed by atoms with Gasteiger partial charge in [0.2, 0.25) is 10.0 Å². The van der Waals surface area contributed by atoms with Crippen LogP contribution in [0.4, 0.5) is 52.0 Å². The van der Waals surface area contributed by atoms with E-state index in [2.05, 4.69) is 4.72 Å². The molecule has 1 N–H and O–H groups in total. The van der Waals surface area contributed by atoms with Gasteiger partial charge in [-0.2, -0.15) is 0 Å². The number of aromatic nitrogens is 3. The lowest BCUT2D eigenvalue weighted by molar-refractivity contribution is 0.607. The number of rotatable bonds is 2. The van der Waals surface area contributed by atoms with Crippen molar-refractivity contribution in [1.82, 2.24) is 15.0 Å². The van der Waals surface area contributed by atoms with E-state index >= 15 is 0 Å². The first-order chi connectivity index (χ1) is 17.6. The molecule has 0 atom stereocenters. The zero-order valence-corrected chi connectivity index (χ0v) is 22.1. The van der Waals surface area contributed by atoms with E-state index in [1.165, 1.54) is 0 Å². The topological polar surface area (TPSA) is 97.8 Å². The van der Waals surface area contributed by atoms with E-state index in [0.29, 0.717) is 40.3 Å². The van der Waals surface area contributed by atoms with Gasteiger partial charge in [-0.15, -0.1) is 0 Å². The molecule has 0 fully saturated rings. The Kier molecular flexibility index (Phi) is 6.08. The van der Waals surface area contributed by atoms with Gasteiger partial charge in [0.1, 0.15) is 34.9 Å². The molecule has 4 heterocycles. The fourth-order valence-corrected chi connectivity index (χ4v) is 4.80. The molecule has 1 aliphatic rings. The predicted molar refractivity (Wildman–Crippen MR) is 150 cm³/mol. The summed E-state index contributed by atoms with van der Waals surface area (Å²) < 4.78 is 27.6. The second-order valence-corrected chi connectivity index (χ2v) is 10.6. The number of sulfonamides is 1. The lowest BCUT2D eigenvalue weighted by Crippen LogP contribution is -2.22. The molecule has 37 heavy (non-hydrogen) atoms. The Hall–Kier alpha value is -4.38. The lowest BCUT2D eigenvalue weighted by Gasteiger charge is -2.29. The van der Waals surface area contributed by atoms with Crippen molar-refractivity contribution in [1.29, 1.82) is 0 Å². The first-order valence-electron chi connectivity index (χ1n) is 11.6. The van der Waals surface area contributed by atoms with Crippen LogP contribution in [-0.4, -0.2) is 57.8 Å². The summed E-state index contributed by atoms with van der Waals surface area (Å²) in [5.41, 5.74) is 1.71. The van der Waals surface area contributed by atoms with Gasteiger partial charge in [-0.05, 0) is 48.5 Å². The molecule has 5 rings (SSSR count). The summed E-state index contributed by atoms with van der Waals surface area (Å²) in [6, 6.07) is 22.8. The number of nitrogens with one attached hydrogen (secondary N) is 1. The number of hydrogen-bond donors (Lipinski definition) is 1. The minimum absolute atomic E-state index is 0.426. The molecule has 0 amide bonds. The number of nitrogens with zero attached hydrogens (tertiary/aromatic N) is 7. The highest BCUT2D eigenvalue weighted by Crippen LogP contribution is 2.41. The highest BCUT2D eigenvalue weighted by atomic mass is 32.2. The van der Waals surface area contributed by atoms with E-state index in [9.17, 15) is 8.42 Å². The minimum Gasteiger partial charge on any atom is -0.328 e. The normalized spacial score (nSPS) is 13.5. The molecule has 0 aliphatic carbocycles. The van der Waals surface area contributed by atoms with E-state index in [0.717, 1.165) is 17.9 Å². The first-order valence-corrected chi connectivity index (χ1v) is 13.5. The zero-order chi connectivity index (χ0) is 26.3. The average molecular weight is 517 g/mol. The number of fused-ring (bicyclic) bond motifs is 8. The van der Waals surface area contributed by atoms with Crippen LogP contribution in [0.15, 0.2) is 72.8 Å². The van der Waals surface area contributed by atoms with Gasteiger partial charge in [-0.1, -0.05) is 24.3 Å². The Balaban J connectivity index is 1.78. The monoisotopic (exact) mass is 516 g/mol. The van der Waals surface area contributed by atoms with Gasteiger partial charge in [-0.25, -0.2) is 23.4 Å². The van der Waals surface area contributed by atoms with Crippen molar-refractivity contribution in [2.24, 2.45) is 0 Å². The molecule has 3 aromatic heterocycles. The number of hydrogen-bond acceptors (Lipinski definition) is 9. The molecule has 8 bridgehead atoms. The number of benzene rings is 1. The number of anilines is 9. The minimum atomic E-state index is -3.59. The maximum Gasteiger partial charge on any atom is 0.229 e. The van der Waals surface area contributed by atoms with Crippen LogP contribution in [0.2, 0.25) is 0 Å². The van der Waals surface area contributed by atoms with Crippen LogP contribution in [0.3, 0.4) is 0 Å². The van der Waals surface area contributed by atoms with Crippen molar-refractivity contribution in [3.63, 3.8) is 0 Å². The molecule has 0 saturated heterocycles. The van der Waals surface area contributed by atoms with Crippen molar-refractivity contribution >= 4 is 62.0 Å². The molecule has 190 valence electrons. The summed E-state index contributed by atoms with van der Waals surface area (Å²) in [6.07, 6.45) is 1.14. The summed E-state index contributed by atoms with van der Waals surface area (Å²) in [5.74, 6) is 4.10. The second kappa shape index (κ2) is 9.25. The molecule has 4 aromatic rings. The van der Waals surface area contributed by atoms with Crippen molar-refractivity contribution in [2.45, 2.75) is 0 Å². The Morgan fingerprint density at radius 3 is 1.16 bits per heavy atom. The van der Waals surface area contributed by atoms with E-state index in [1.807, 2.05) is 121 Å². The molecule has 1 aromatic carbocycles. The van der Waals surface area contributed by atoms with Crippen LogP contribution >= 0.6 is 0 Å². The van der Waals surface area contributed by atoms with E-state index in [4.69, 9.17) is 15.0 Å². The SMILES string of the molecule is CN1c2cccc(n2)N(C)c2cccc(n2)N(C)c2cccc(c2NS(C)(=O)=O)N(C)c2cccc1n2. The van der Waals surface area contributed by atoms with Crippen molar-refractivity contribution in [3.8, 4) is 0 Å². The standard InChI is InChI=1S/C26H28N8O2S/c1-31-18-10-6-11-19(26(18)30-37(5,35)36)32(2)21-13-8-15-23(28-21)34(4)25-17-9-16-24(29-25)33(3)22-14-7-12-20(31)27-22/h6-17,30H,1-5H3. The molecule has 0 spiro atoms. The highest BCUT2D eigenvalue weighted by Gasteiger charge is 2.22. The quantitative estimate of drug-likeness (QED) is 0.409. The molecule has 11 heteroatoms. The van der Waals surface area contributed by atoms with Crippen molar-refractivity contribution < 1.29 is 8.42 Å². The third kappa shape index (κ3) is 4.73. The molecule has 0 unspecified atom stereocenters. The number of para-hydroxylation sites is 1. The first kappa shape index (κ1) is 24.3. The fourth-order valence-electron chi connectivity index (χ4n) is 4.22. The van der Waals surface area contributed by atoms with E-state index in [-0.39, 0.29) is 0 Å². The molecular weight excluding hydrogens is 488 g/mol. The van der Waals surface area contributed by atoms with Gasteiger partial charge < -0.3 is 19.6 Å². The predicted octanol–water partition coefficient (Wildman–Crippen LogP) is 4.63. The van der Waals surface area contributed by atoms with Gasteiger partial charge in [0.05, 0.1) is 23.3 Å². The van der Waals surface area contributed by atoms with Crippen molar-refractivity contribution in [2.75, 3.05) is 58.8 Å². The summed E-state index contributed by atoms with van der Waals surface area (Å²) in [6.45, 7) is 0. The maximum absolute atomic E-state index is 12.4. The summed E-state index contributed by atoms with van der Waals surface area (Å²) in [7, 11) is 3.94. The molecule has 10 nitrogen and oxygen atoms in total. The second-order valence-electron chi connectivity index (χ2n) is 8.84. The van der Waals surface area contributed by atoms with Crippen LogP contribution < -0.4 is 24.3 Å².